The fourth-order valence-electron chi connectivity index (χ4n) is 1.54. The predicted molar refractivity (Wildman–Crippen MR) is 61.4 cm³/mol. The minimum absolute atomic E-state index is 0.547. The van der Waals surface area contributed by atoms with Gasteiger partial charge in [0.2, 0.25) is 0 Å². The maximum absolute atomic E-state index is 5.55. The number of hydrogen-bond acceptors (Lipinski definition) is 3. The fourth-order valence-corrected chi connectivity index (χ4v) is 1.54. The van der Waals surface area contributed by atoms with E-state index in [2.05, 4.69) is 30.7 Å². The zero-order valence-corrected chi connectivity index (χ0v) is 9.20. The number of hydrogen-bond donors (Lipinski definition) is 1. The van der Waals surface area contributed by atoms with Crippen molar-refractivity contribution in [3.05, 3.63) is 18.3 Å². The summed E-state index contributed by atoms with van der Waals surface area (Å²) in [6, 6.07) is 4.42. The third-order valence-corrected chi connectivity index (χ3v) is 2.57. The first-order chi connectivity index (χ1) is 6.69. The maximum atomic E-state index is 5.55. The monoisotopic (exact) mass is 193 g/mol. The zero-order valence-electron chi connectivity index (χ0n) is 9.20. The second-order valence-corrected chi connectivity index (χ2v) is 3.48. The van der Waals surface area contributed by atoms with Crippen LogP contribution in [0.3, 0.4) is 0 Å². The lowest BCUT2D eigenvalue weighted by atomic mass is 10.2. The van der Waals surface area contributed by atoms with E-state index in [-0.39, 0.29) is 0 Å². The van der Waals surface area contributed by atoms with Gasteiger partial charge in [0.25, 0.3) is 0 Å². The summed E-state index contributed by atoms with van der Waals surface area (Å²) in [6.45, 7) is 7.57. The van der Waals surface area contributed by atoms with Gasteiger partial charge in [-0.05, 0) is 32.4 Å². The molecule has 0 amide bonds. The highest BCUT2D eigenvalue weighted by molar-refractivity contribution is 5.48. The van der Waals surface area contributed by atoms with Crippen LogP contribution in [0.4, 0.5) is 11.5 Å². The predicted octanol–water partition coefficient (Wildman–Crippen LogP) is 2.29. The zero-order chi connectivity index (χ0) is 10.6. The van der Waals surface area contributed by atoms with Gasteiger partial charge in [-0.3, -0.25) is 0 Å². The van der Waals surface area contributed by atoms with Crippen molar-refractivity contribution in [3.63, 3.8) is 0 Å². The van der Waals surface area contributed by atoms with E-state index in [4.69, 9.17) is 5.73 Å². The molecule has 0 aromatic carbocycles. The van der Waals surface area contributed by atoms with Gasteiger partial charge in [-0.25, -0.2) is 4.98 Å². The molecule has 1 heterocycles. The van der Waals surface area contributed by atoms with Crippen LogP contribution < -0.4 is 10.6 Å². The summed E-state index contributed by atoms with van der Waals surface area (Å²) < 4.78 is 0. The Balaban J connectivity index is 2.84. The second-order valence-electron chi connectivity index (χ2n) is 3.48. The number of aromatic nitrogens is 1. The summed E-state index contributed by atoms with van der Waals surface area (Å²) in [7, 11) is 0. The van der Waals surface area contributed by atoms with Gasteiger partial charge in [0, 0.05) is 12.6 Å². The Kier molecular flexibility index (Phi) is 3.74. The van der Waals surface area contributed by atoms with Gasteiger partial charge >= 0.3 is 0 Å². The summed E-state index contributed by atoms with van der Waals surface area (Å²) in [5, 5.41) is 0. The first-order valence-electron chi connectivity index (χ1n) is 5.17. The minimum atomic E-state index is 0.547. The van der Waals surface area contributed by atoms with Crippen LogP contribution in [0.5, 0.6) is 0 Å². The summed E-state index contributed by atoms with van der Waals surface area (Å²) in [6.07, 6.45) is 2.98. The van der Waals surface area contributed by atoms with Gasteiger partial charge < -0.3 is 10.6 Å². The van der Waals surface area contributed by atoms with Gasteiger partial charge in [0.05, 0.1) is 11.9 Å². The Labute approximate surface area is 85.9 Å². The molecule has 3 nitrogen and oxygen atoms in total. The standard InChI is InChI=1S/C11H19N3/c1-4-9(3)14(5-2)10-6-7-11(12)13-8-10/h6-9H,4-5H2,1-3H3,(H2,12,13). The van der Waals surface area contributed by atoms with E-state index in [0.717, 1.165) is 18.7 Å². The lowest BCUT2D eigenvalue weighted by Gasteiger charge is -2.29. The van der Waals surface area contributed by atoms with Crippen LogP contribution in [0.1, 0.15) is 27.2 Å². The molecule has 0 bridgehead atoms. The van der Waals surface area contributed by atoms with Gasteiger partial charge in [0.1, 0.15) is 5.82 Å². The Morgan fingerprint density at radius 2 is 2.14 bits per heavy atom. The maximum Gasteiger partial charge on any atom is 0.123 e. The average molecular weight is 193 g/mol. The summed E-state index contributed by atoms with van der Waals surface area (Å²) in [5.74, 6) is 0.578. The summed E-state index contributed by atoms with van der Waals surface area (Å²) in [5.41, 5.74) is 6.70. The molecule has 1 atom stereocenters. The molecule has 14 heavy (non-hydrogen) atoms. The van der Waals surface area contributed by atoms with Crippen molar-refractivity contribution in [1.82, 2.24) is 4.98 Å². The molecule has 1 aromatic rings. The van der Waals surface area contributed by atoms with Crippen LogP contribution in [-0.2, 0) is 0 Å². The van der Waals surface area contributed by atoms with Crippen molar-refractivity contribution < 1.29 is 0 Å². The molecule has 0 spiro atoms. The van der Waals surface area contributed by atoms with Crippen molar-refractivity contribution in [1.29, 1.82) is 0 Å². The summed E-state index contributed by atoms with van der Waals surface area (Å²) >= 11 is 0. The summed E-state index contributed by atoms with van der Waals surface area (Å²) in [4.78, 5) is 6.43. The van der Waals surface area contributed by atoms with E-state index in [9.17, 15) is 0 Å². The Bertz CT molecular complexity index is 268. The van der Waals surface area contributed by atoms with Crippen molar-refractivity contribution in [2.75, 3.05) is 17.2 Å². The molecular weight excluding hydrogens is 174 g/mol. The van der Waals surface area contributed by atoms with E-state index in [0.29, 0.717) is 11.9 Å². The fraction of sp³-hybridized carbons (Fsp3) is 0.545. The first-order valence-corrected chi connectivity index (χ1v) is 5.17. The third kappa shape index (κ3) is 2.37. The van der Waals surface area contributed by atoms with Gasteiger partial charge in [-0.1, -0.05) is 6.92 Å². The Hall–Kier alpha value is -1.25. The van der Waals surface area contributed by atoms with Crippen LogP contribution in [0.2, 0.25) is 0 Å². The van der Waals surface area contributed by atoms with Crippen LogP contribution in [0, 0.1) is 0 Å². The molecule has 0 radical (unpaired) electrons. The quantitative estimate of drug-likeness (QED) is 0.797. The molecule has 3 heteroatoms. The average Bonchev–Trinajstić information content (AvgIpc) is 2.21. The second kappa shape index (κ2) is 4.84. The van der Waals surface area contributed by atoms with Crippen LogP contribution in [-0.4, -0.2) is 17.6 Å². The molecule has 2 N–H and O–H groups in total. The number of rotatable bonds is 4. The molecule has 0 aliphatic rings. The molecule has 1 unspecified atom stereocenters. The molecule has 0 aliphatic heterocycles. The van der Waals surface area contributed by atoms with Crippen LogP contribution in [0.15, 0.2) is 18.3 Å². The van der Waals surface area contributed by atoms with E-state index in [1.165, 1.54) is 0 Å². The van der Waals surface area contributed by atoms with Crippen molar-refractivity contribution in [3.8, 4) is 0 Å². The molecule has 0 saturated heterocycles. The van der Waals surface area contributed by atoms with E-state index < -0.39 is 0 Å². The van der Waals surface area contributed by atoms with Crippen molar-refractivity contribution in [2.45, 2.75) is 33.2 Å². The molecule has 1 aromatic heterocycles. The van der Waals surface area contributed by atoms with Gasteiger partial charge in [-0.15, -0.1) is 0 Å². The third-order valence-electron chi connectivity index (χ3n) is 2.57. The molecule has 0 saturated carbocycles. The molecule has 0 fully saturated rings. The number of nitrogen functional groups attached to an aromatic ring is 1. The van der Waals surface area contributed by atoms with Crippen molar-refractivity contribution >= 4 is 11.5 Å². The normalized spacial score (nSPS) is 12.5. The SMILES string of the molecule is CCC(C)N(CC)c1ccc(N)nc1. The Morgan fingerprint density at radius 3 is 2.57 bits per heavy atom. The van der Waals surface area contributed by atoms with E-state index >= 15 is 0 Å². The van der Waals surface area contributed by atoms with E-state index in [1.807, 2.05) is 18.3 Å². The van der Waals surface area contributed by atoms with Gasteiger partial charge in [-0.2, -0.15) is 0 Å². The molecule has 0 aliphatic carbocycles. The van der Waals surface area contributed by atoms with E-state index in [1.54, 1.807) is 0 Å². The molecule has 1 rings (SSSR count). The lowest BCUT2D eigenvalue weighted by Crippen LogP contribution is -2.32. The smallest absolute Gasteiger partial charge is 0.123 e. The number of pyridine rings is 1. The topological polar surface area (TPSA) is 42.1 Å². The van der Waals surface area contributed by atoms with Crippen molar-refractivity contribution in [2.24, 2.45) is 0 Å². The number of anilines is 2. The number of nitrogens with zero attached hydrogens (tertiary/aromatic N) is 2. The highest BCUT2D eigenvalue weighted by Gasteiger charge is 2.10. The van der Waals surface area contributed by atoms with Gasteiger partial charge in [0.15, 0.2) is 0 Å². The highest BCUT2D eigenvalue weighted by atomic mass is 15.2. The first kappa shape index (κ1) is 10.8. The van der Waals surface area contributed by atoms with Crippen LogP contribution in [0.25, 0.3) is 0 Å². The molecular formula is C11H19N3. The lowest BCUT2D eigenvalue weighted by molar-refractivity contribution is 0.629. The molecule has 78 valence electrons. The minimum Gasteiger partial charge on any atom is -0.384 e. The highest BCUT2D eigenvalue weighted by Crippen LogP contribution is 2.17. The Morgan fingerprint density at radius 1 is 1.43 bits per heavy atom. The number of nitrogens with two attached hydrogens (primary N) is 1. The largest absolute Gasteiger partial charge is 0.384 e. The van der Waals surface area contributed by atoms with Crippen LogP contribution >= 0.6 is 0 Å².